The number of para-hydroxylation sites is 1. The number of rotatable bonds is 3. The molecule has 1 fully saturated rings. The fourth-order valence-electron chi connectivity index (χ4n) is 1.70. The summed E-state index contributed by atoms with van der Waals surface area (Å²) in [5.41, 5.74) is -0.305. The third-order valence-electron chi connectivity index (χ3n) is 2.85. The lowest BCUT2D eigenvalue weighted by atomic mass is 9.93. The third kappa shape index (κ3) is 2.39. The Morgan fingerprint density at radius 1 is 1.47 bits per heavy atom. The molecule has 1 aromatic rings. The molecule has 2 rings (SSSR count). The zero-order chi connectivity index (χ0) is 12.4. The lowest BCUT2D eigenvalue weighted by Gasteiger charge is -2.26. The predicted octanol–water partition coefficient (Wildman–Crippen LogP) is 2.53. The van der Waals surface area contributed by atoms with Gasteiger partial charge in [0.15, 0.2) is 0 Å². The Bertz CT molecular complexity index is 472. The molecule has 1 N–H and O–H groups in total. The van der Waals surface area contributed by atoms with Crippen molar-refractivity contribution in [3.8, 4) is 0 Å². The van der Waals surface area contributed by atoms with Crippen LogP contribution in [0, 0.1) is 10.1 Å². The molecule has 90 valence electrons. The standard InChI is InChI=1S/C11H11ClN2O3/c12-9-6-2-5-8(10(9)14(16)17)11(15)13-7-3-1-4-7/h2,5-7H,1,3-4H2,(H,13,15). The Morgan fingerprint density at radius 3 is 2.71 bits per heavy atom. The molecule has 0 spiro atoms. The largest absolute Gasteiger partial charge is 0.349 e. The summed E-state index contributed by atoms with van der Waals surface area (Å²) >= 11 is 5.73. The van der Waals surface area contributed by atoms with Crippen molar-refractivity contribution >= 4 is 23.2 Å². The number of halogens is 1. The first-order valence-corrected chi connectivity index (χ1v) is 5.71. The SMILES string of the molecule is O=C(NC1CCC1)c1cccc(Cl)c1[N+](=O)[O-]. The molecule has 0 saturated heterocycles. The van der Waals surface area contributed by atoms with E-state index in [1.54, 1.807) is 0 Å². The molecule has 1 saturated carbocycles. The molecule has 1 amide bonds. The van der Waals surface area contributed by atoms with Crippen LogP contribution in [0.4, 0.5) is 5.69 Å². The van der Waals surface area contributed by atoms with Gasteiger partial charge in [-0.1, -0.05) is 17.7 Å². The van der Waals surface area contributed by atoms with Gasteiger partial charge in [0.25, 0.3) is 5.91 Å². The molecule has 0 heterocycles. The van der Waals surface area contributed by atoms with Gasteiger partial charge in [-0.3, -0.25) is 14.9 Å². The van der Waals surface area contributed by atoms with Crippen molar-refractivity contribution < 1.29 is 9.72 Å². The van der Waals surface area contributed by atoms with Crippen molar-refractivity contribution in [3.63, 3.8) is 0 Å². The van der Waals surface area contributed by atoms with Gasteiger partial charge < -0.3 is 5.32 Å². The highest BCUT2D eigenvalue weighted by Gasteiger charge is 2.26. The van der Waals surface area contributed by atoms with Crippen molar-refractivity contribution in [2.45, 2.75) is 25.3 Å². The van der Waals surface area contributed by atoms with Crippen molar-refractivity contribution in [1.82, 2.24) is 5.32 Å². The fourth-order valence-corrected chi connectivity index (χ4v) is 1.94. The average Bonchev–Trinajstić information content (AvgIpc) is 2.22. The molecule has 0 bridgehead atoms. The first-order valence-electron chi connectivity index (χ1n) is 5.33. The number of nitro groups is 1. The lowest BCUT2D eigenvalue weighted by molar-refractivity contribution is -0.385. The average molecular weight is 255 g/mol. The highest BCUT2D eigenvalue weighted by atomic mass is 35.5. The Hall–Kier alpha value is -1.62. The van der Waals surface area contributed by atoms with E-state index in [1.807, 2.05) is 0 Å². The molecule has 6 heteroatoms. The van der Waals surface area contributed by atoms with E-state index in [0.717, 1.165) is 19.3 Å². The van der Waals surface area contributed by atoms with Gasteiger partial charge in [-0.15, -0.1) is 0 Å². The second-order valence-electron chi connectivity index (χ2n) is 3.99. The molecule has 1 aromatic carbocycles. The minimum absolute atomic E-state index is 0.0174. The number of nitrogens with zero attached hydrogens (tertiary/aromatic N) is 1. The van der Waals surface area contributed by atoms with Crippen LogP contribution in [0.5, 0.6) is 0 Å². The Labute approximate surface area is 103 Å². The Kier molecular flexibility index (Phi) is 3.28. The molecule has 1 aliphatic rings. The van der Waals surface area contributed by atoms with Crippen molar-refractivity contribution in [1.29, 1.82) is 0 Å². The number of nitro benzene ring substituents is 1. The molecule has 1 aliphatic carbocycles. The lowest BCUT2D eigenvalue weighted by Crippen LogP contribution is -2.39. The molecule has 0 atom stereocenters. The van der Waals surface area contributed by atoms with Gasteiger partial charge in [0.1, 0.15) is 10.6 Å². The van der Waals surface area contributed by atoms with E-state index in [9.17, 15) is 14.9 Å². The molecule has 17 heavy (non-hydrogen) atoms. The van der Waals surface area contributed by atoms with E-state index in [-0.39, 0.29) is 22.3 Å². The summed E-state index contributed by atoms with van der Waals surface area (Å²) in [6, 6.07) is 4.49. The topological polar surface area (TPSA) is 72.2 Å². The second-order valence-corrected chi connectivity index (χ2v) is 4.40. The van der Waals surface area contributed by atoms with Crippen molar-refractivity contribution in [2.75, 3.05) is 0 Å². The fraction of sp³-hybridized carbons (Fsp3) is 0.364. The van der Waals surface area contributed by atoms with E-state index in [1.165, 1.54) is 18.2 Å². The van der Waals surface area contributed by atoms with E-state index < -0.39 is 10.8 Å². The minimum atomic E-state index is -0.627. The van der Waals surface area contributed by atoms with Crippen LogP contribution >= 0.6 is 11.6 Å². The van der Waals surface area contributed by atoms with Gasteiger partial charge in [0.2, 0.25) is 0 Å². The number of carbonyl (C=O) groups excluding carboxylic acids is 1. The van der Waals surface area contributed by atoms with Crippen molar-refractivity contribution in [3.05, 3.63) is 38.9 Å². The quantitative estimate of drug-likeness (QED) is 0.665. The van der Waals surface area contributed by atoms with E-state index in [0.29, 0.717) is 0 Å². The van der Waals surface area contributed by atoms with Crippen LogP contribution in [0.25, 0.3) is 0 Å². The molecule has 0 aliphatic heterocycles. The van der Waals surface area contributed by atoms with Gasteiger partial charge in [-0.2, -0.15) is 0 Å². The van der Waals surface area contributed by atoms with E-state index >= 15 is 0 Å². The highest BCUT2D eigenvalue weighted by molar-refractivity contribution is 6.33. The van der Waals surface area contributed by atoms with Crippen LogP contribution in [0.1, 0.15) is 29.6 Å². The normalized spacial score (nSPS) is 15.1. The zero-order valence-electron chi connectivity index (χ0n) is 8.98. The predicted molar refractivity (Wildman–Crippen MR) is 63.2 cm³/mol. The molecule has 5 nitrogen and oxygen atoms in total. The number of hydrogen-bond acceptors (Lipinski definition) is 3. The van der Waals surface area contributed by atoms with Crippen LogP contribution in [-0.4, -0.2) is 16.9 Å². The maximum atomic E-state index is 11.9. The Balaban J connectivity index is 2.27. The molecular formula is C11H11ClN2O3. The minimum Gasteiger partial charge on any atom is -0.349 e. The molecule has 0 radical (unpaired) electrons. The monoisotopic (exact) mass is 254 g/mol. The summed E-state index contributed by atoms with van der Waals surface area (Å²) in [6.45, 7) is 0. The van der Waals surface area contributed by atoms with E-state index in [4.69, 9.17) is 11.6 Å². The molecule has 0 unspecified atom stereocenters. The Morgan fingerprint density at radius 2 is 2.18 bits per heavy atom. The van der Waals surface area contributed by atoms with Crippen LogP contribution in [0.2, 0.25) is 5.02 Å². The third-order valence-corrected chi connectivity index (χ3v) is 3.16. The van der Waals surface area contributed by atoms with Crippen LogP contribution in [0.15, 0.2) is 18.2 Å². The highest BCUT2D eigenvalue weighted by Crippen LogP contribution is 2.28. The van der Waals surface area contributed by atoms with Gasteiger partial charge in [0, 0.05) is 6.04 Å². The number of benzene rings is 1. The van der Waals surface area contributed by atoms with Crippen LogP contribution in [0.3, 0.4) is 0 Å². The zero-order valence-corrected chi connectivity index (χ0v) is 9.74. The number of hydrogen-bond donors (Lipinski definition) is 1. The maximum absolute atomic E-state index is 11.9. The summed E-state index contributed by atoms with van der Waals surface area (Å²) in [5, 5.41) is 13.6. The summed E-state index contributed by atoms with van der Waals surface area (Å²) in [7, 11) is 0. The van der Waals surface area contributed by atoms with Crippen LogP contribution < -0.4 is 5.32 Å². The summed E-state index contributed by atoms with van der Waals surface area (Å²) in [4.78, 5) is 22.1. The van der Waals surface area contributed by atoms with Crippen molar-refractivity contribution in [2.24, 2.45) is 0 Å². The first kappa shape index (κ1) is 11.9. The first-order chi connectivity index (χ1) is 8.09. The summed E-state index contributed by atoms with van der Waals surface area (Å²) in [6.07, 6.45) is 2.95. The summed E-state index contributed by atoms with van der Waals surface area (Å²) in [5.74, 6) is -0.427. The number of nitrogens with one attached hydrogen (secondary N) is 1. The summed E-state index contributed by atoms with van der Waals surface area (Å²) < 4.78 is 0. The molecule has 0 aromatic heterocycles. The van der Waals surface area contributed by atoms with Crippen LogP contribution in [-0.2, 0) is 0 Å². The van der Waals surface area contributed by atoms with Gasteiger partial charge >= 0.3 is 5.69 Å². The van der Waals surface area contributed by atoms with E-state index in [2.05, 4.69) is 5.32 Å². The van der Waals surface area contributed by atoms with Gasteiger partial charge in [0.05, 0.1) is 4.92 Å². The molecular weight excluding hydrogens is 244 g/mol. The number of amides is 1. The van der Waals surface area contributed by atoms with Gasteiger partial charge in [-0.05, 0) is 31.4 Å². The number of carbonyl (C=O) groups is 1. The van der Waals surface area contributed by atoms with Gasteiger partial charge in [-0.25, -0.2) is 0 Å². The smallest absolute Gasteiger partial charge is 0.300 e. The second kappa shape index (κ2) is 4.71. The maximum Gasteiger partial charge on any atom is 0.300 e.